The molecule has 1 N–H and O–H groups in total. The molecule has 108 valence electrons. The third-order valence-electron chi connectivity index (χ3n) is 4.46. The average Bonchev–Trinajstić information content (AvgIpc) is 2.78. The molecule has 0 aliphatic heterocycles. The molecule has 3 heteroatoms. The topological polar surface area (TPSA) is 12.0 Å². The van der Waals surface area contributed by atoms with Crippen LogP contribution in [0.3, 0.4) is 0 Å². The Balaban J connectivity index is 1.56. The normalized spacial score (nSPS) is 23.3. The van der Waals surface area contributed by atoms with Crippen molar-refractivity contribution in [2.45, 2.75) is 39.2 Å². The van der Waals surface area contributed by atoms with Crippen LogP contribution in [0.2, 0.25) is 5.02 Å². The fourth-order valence-electron chi connectivity index (χ4n) is 3.10. The minimum atomic E-state index is 0.861. The van der Waals surface area contributed by atoms with E-state index >= 15 is 0 Å². The maximum atomic E-state index is 6.47. The smallest absolute Gasteiger partial charge is 0.0636 e. The molecular formula is C17H22ClNS. The van der Waals surface area contributed by atoms with Gasteiger partial charge in [0.15, 0.2) is 0 Å². The van der Waals surface area contributed by atoms with Gasteiger partial charge in [-0.1, -0.05) is 49.6 Å². The first-order valence-corrected chi connectivity index (χ1v) is 8.80. The summed E-state index contributed by atoms with van der Waals surface area (Å²) in [6.07, 6.45) is 5.56. The molecule has 0 radical (unpaired) electrons. The van der Waals surface area contributed by atoms with Crippen LogP contribution in [-0.2, 0) is 6.54 Å². The molecule has 1 aromatic carbocycles. The van der Waals surface area contributed by atoms with Gasteiger partial charge in [0.1, 0.15) is 0 Å². The van der Waals surface area contributed by atoms with E-state index in [2.05, 4.69) is 36.5 Å². The minimum Gasteiger partial charge on any atom is -0.312 e. The van der Waals surface area contributed by atoms with E-state index in [-0.39, 0.29) is 0 Å². The van der Waals surface area contributed by atoms with Gasteiger partial charge in [-0.3, -0.25) is 0 Å². The Labute approximate surface area is 130 Å². The zero-order valence-electron chi connectivity index (χ0n) is 12.0. The van der Waals surface area contributed by atoms with E-state index in [1.165, 1.54) is 40.6 Å². The second kappa shape index (κ2) is 6.46. The van der Waals surface area contributed by atoms with Gasteiger partial charge in [0.05, 0.1) is 5.02 Å². The first-order chi connectivity index (χ1) is 9.74. The van der Waals surface area contributed by atoms with Crippen molar-refractivity contribution < 1.29 is 0 Å². The quantitative estimate of drug-likeness (QED) is 0.789. The summed E-state index contributed by atoms with van der Waals surface area (Å²) in [6.45, 7) is 4.42. The van der Waals surface area contributed by atoms with Crippen LogP contribution in [-0.4, -0.2) is 6.54 Å². The van der Waals surface area contributed by atoms with Crippen LogP contribution >= 0.6 is 22.9 Å². The molecule has 1 aromatic heterocycles. The maximum absolute atomic E-state index is 6.47. The third-order valence-corrected chi connectivity index (χ3v) is 6.17. The number of rotatable bonds is 4. The first-order valence-electron chi connectivity index (χ1n) is 7.60. The monoisotopic (exact) mass is 307 g/mol. The van der Waals surface area contributed by atoms with E-state index < -0.39 is 0 Å². The molecule has 1 nitrogen and oxygen atoms in total. The van der Waals surface area contributed by atoms with Crippen LogP contribution in [0.4, 0.5) is 0 Å². The summed E-state index contributed by atoms with van der Waals surface area (Å²) >= 11 is 8.28. The lowest BCUT2D eigenvalue weighted by molar-refractivity contribution is 0.281. The van der Waals surface area contributed by atoms with E-state index in [9.17, 15) is 0 Å². The fourth-order valence-corrected chi connectivity index (χ4v) is 4.57. The lowest BCUT2D eigenvalue weighted by atomic mass is 9.83. The molecule has 0 saturated heterocycles. The van der Waals surface area contributed by atoms with Crippen molar-refractivity contribution >= 4 is 33.0 Å². The predicted molar refractivity (Wildman–Crippen MR) is 89.7 cm³/mol. The van der Waals surface area contributed by atoms with Crippen molar-refractivity contribution in [1.82, 2.24) is 5.32 Å². The van der Waals surface area contributed by atoms with E-state index in [0.717, 1.165) is 29.9 Å². The second-order valence-electron chi connectivity index (χ2n) is 6.09. The molecule has 1 saturated carbocycles. The highest BCUT2D eigenvalue weighted by atomic mass is 35.5. The van der Waals surface area contributed by atoms with Gasteiger partial charge in [-0.25, -0.2) is 0 Å². The highest BCUT2D eigenvalue weighted by Gasteiger charge is 2.18. The number of thiophene rings is 1. The minimum absolute atomic E-state index is 0.861. The highest BCUT2D eigenvalue weighted by Crippen LogP contribution is 2.35. The Kier molecular flexibility index (Phi) is 4.65. The predicted octanol–water partition coefficient (Wildman–Crippen LogP) is 5.47. The van der Waals surface area contributed by atoms with Crippen molar-refractivity contribution in [3.05, 3.63) is 34.2 Å². The number of hydrogen-bond donors (Lipinski definition) is 1. The van der Waals surface area contributed by atoms with Crippen molar-refractivity contribution in [1.29, 1.82) is 0 Å². The average molecular weight is 308 g/mol. The highest BCUT2D eigenvalue weighted by molar-refractivity contribution is 7.19. The van der Waals surface area contributed by atoms with Crippen LogP contribution in [0.25, 0.3) is 10.1 Å². The zero-order chi connectivity index (χ0) is 13.9. The number of fused-ring (bicyclic) bond motifs is 1. The van der Waals surface area contributed by atoms with Crippen LogP contribution in [0.15, 0.2) is 24.3 Å². The molecule has 2 aromatic rings. The molecule has 1 aliphatic rings. The third kappa shape index (κ3) is 3.19. The van der Waals surface area contributed by atoms with Crippen molar-refractivity contribution in [3.8, 4) is 0 Å². The lowest BCUT2D eigenvalue weighted by Crippen LogP contribution is -2.25. The summed E-state index contributed by atoms with van der Waals surface area (Å²) in [5, 5.41) is 5.75. The number of halogens is 1. The van der Waals surface area contributed by atoms with Crippen LogP contribution < -0.4 is 5.32 Å². The fraction of sp³-hybridized carbons (Fsp3) is 0.529. The van der Waals surface area contributed by atoms with E-state index in [1.54, 1.807) is 0 Å². The van der Waals surface area contributed by atoms with Gasteiger partial charge in [0.2, 0.25) is 0 Å². The number of nitrogens with one attached hydrogen (secondary N) is 1. The Bertz CT molecular complexity index is 569. The lowest BCUT2D eigenvalue weighted by Gasteiger charge is -2.26. The molecule has 0 atom stereocenters. The Morgan fingerprint density at radius 3 is 2.70 bits per heavy atom. The standard InChI is InChI=1S/C17H22ClNS/c1-12-6-8-13(9-7-12)10-19-11-16-17(18)14-4-2-3-5-15(14)20-16/h2-5,12-13,19H,6-11H2,1H3. The van der Waals surface area contributed by atoms with Crippen LogP contribution in [0, 0.1) is 11.8 Å². The summed E-state index contributed by atoms with van der Waals surface area (Å²) < 4.78 is 1.29. The SMILES string of the molecule is CC1CCC(CNCc2sc3ccccc3c2Cl)CC1. The number of hydrogen-bond acceptors (Lipinski definition) is 2. The summed E-state index contributed by atoms with van der Waals surface area (Å²) in [5.41, 5.74) is 0. The summed E-state index contributed by atoms with van der Waals surface area (Å²) in [6, 6.07) is 8.40. The Morgan fingerprint density at radius 2 is 1.95 bits per heavy atom. The molecule has 1 aliphatic carbocycles. The first kappa shape index (κ1) is 14.4. The molecule has 0 spiro atoms. The molecule has 3 rings (SSSR count). The van der Waals surface area contributed by atoms with Gasteiger partial charge >= 0.3 is 0 Å². The Morgan fingerprint density at radius 1 is 1.20 bits per heavy atom. The summed E-state index contributed by atoms with van der Waals surface area (Å²) in [4.78, 5) is 1.28. The van der Waals surface area contributed by atoms with Crippen molar-refractivity contribution in [2.75, 3.05) is 6.54 Å². The van der Waals surface area contributed by atoms with Crippen LogP contribution in [0.5, 0.6) is 0 Å². The molecule has 1 fully saturated rings. The molecule has 0 bridgehead atoms. The molecule has 0 unspecified atom stereocenters. The molecular weight excluding hydrogens is 286 g/mol. The van der Waals surface area contributed by atoms with Gasteiger partial charge < -0.3 is 5.32 Å². The molecule has 0 amide bonds. The maximum Gasteiger partial charge on any atom is 0.0636 e. The van der Waals surface area contributed by atoms with Gasteiger partial charge in [-0.05, 0) is 37.3 Å². The second-order valence-corrected chi connectivity index (χ2v) is 7.61. The van der Waals surface area contributed by atoms with Gasteiger partial charge in [0.25, 0.3) is 0 Å². The molecule has 20 heavy (non-hydrogen) atoms. The van der Waals surface area contributed by atoms with Gasteiger partial charge in [0, 0.05) is 21.5 Å². The van der Waals surface area contributed by atoms with E-state index in [0.29, 0.717) is 0 Å². The summed E-state index contributed by atoms with van der Waals surface area (Å²) in [5.74, 6) is 1.79. The zero-order valence-corrected chi connectivity index (χ0v) is 13.6. The summed E-state index contributed by atoms with van der Waals surface area (Å²) in [7, 11) is 0. The largest absolute Gasteiger partial charge is 0.312 e. The van der Waals surface area contributed by atoms with E-state index in [1.807, 2.05) is 11.3 Å². The Hall–Kier alpha value is -0.570. The van der Waals surface area contributed by atoms with Gasteiger partial charge in [-0.2, -0.15) is 0 Å². The molecule has 1 heterocycles. The van der Waals surface area contributed by atoms with E-state index in [4.69, 9.17) is 11.6 Å². The van der Waals surface area contributed by atoms with Crippen molar-refractivity contribution in [2.24, 2.45) is 11.8 Å². The van der Waals surface area contributed by atoms with Crippen LogP contribution in [0.1, 0.15) is 37.5 Å². The van der Waals surface area contributed by atoms with Crippen molar-refractivity contribution in [3.63, 3.8) is 0 Å². The number of benzene rings is 1. The van der Waals surface area contributed by atoms with Gasteiger partial charge in [-0.15, -0.1) is 11.3 Å².